The molecule has 0 aliphatic rings. The molecule has 110 valence electrons. The number of anilines is 1. The molecule has 3 nitrogen and oxygen atoms in total. The van der Waals surface area contributed by atoms with E-state index in [1.54, 1.807) is 18.2 Å². The summed E-state index contributed by atoms with van der Waals surface area (Å²) in [5.41, 5.74) is 5.58. The molecule has 0 spiro atoms. The van der Waals surface area contributed by atoms with Gasteiger partial charge in [0.25, 0.3) is 0 Å². The molecular formula is C17H13F2N3. The molecule has 0 amide bonds. The summed E-state index contributed by atoms with van der Waals surface area (Å²) in [6, 6.07) is 12.4. The fourth-order valence-corrected chi connectivity index (χ4v) is 2.19. The number of hydrogen-bond acceptors (Lipinski definition) is 3. The molecule has 1 aromatic heterocycles. The molecule has 0 atom stereocenters. The third kappa shape index (κ3) is 3.09. The third-order valence-electron chi connectivity index (χ3n) is 3.15. The lowest BCUT2D eigenvalue weighted by atomic mass is 10.1. The first-order valence-corrected chi connectivity index (χ1v) is 6.73. The zero-order chi connectivity index (χ0) is 15.5. The highest BCUT2D eigenvalue weighted by Crippen LogP contribution is 2.23. The first-order chi connectivity index (χ1) is 10.6. The molecule has 2 aromatic carbocycles. The quantitative estimate of drug-likeness (QED) is 0.579. The predicted octanol–water partition coefficient (Wildman–Crippen LogP) is 4.27. The standard InChI is InChI=1S/C17H13F2N3/c1-11-7-17(15-6-5-14(19)9-16(15)21-11)22-20-10-12-3-2-4-13(18)8-12/h2-10H,1H3,(H,21,22)/b20-10+. The van der Waals surface area contributed by atoms with Crippen LogP contribution in [0.5, 0.6) is 0 Å². The van der Waals surface area contributed by atoms with Crippen LogP contribution in [0.1, 0.15) is 11.3 Å². The number of fused-ring (bicyclic) bond motifs is 1. The van der Waals surface area contributed by atoms with Crippen molar-refractivity contribution in [2.24, 2.45) is 5.10 Å². The van der Waals surface area contributed by atoms with Gasteiger partial charge in [0.1, 0.15) is 11.6 Å². The summed E-state index contributed by atoms with van der Waals surface area (Å²) in [7, 11) is 0. The van der Waals surface area contributed by atoms with Gasteiger partial charge in [0.05, 0.1) is 17.4 Å². The molecule has 0 bridgehead atoms. The summed E-state index contributed by atoms with van der Waals surface area (Å²) in [6.45, 7) is 1.83. The zero-order valence-electron chi connectivity index (χ0n) is 11.8. The number of nitrogens with zero attached hydrogens (tertiary/aromatic N) is 2. The zero-order valence-corrected chi connectivity index (χ0v) is 11.8. The highest BCUT2D eigenvalue weighted by Gasteiger charge is 2.04. The van der Waals surface area contributed by atoms with E-state index in [1.807, 2.05) is 13.0 Å². The normalized spacial score (nSPS) is 11.2. The van der Waals surface area contributed by atoms with Crippen LogP contribution in [0.4, 0.5) is 14.5 Å². The van der Waals surface area contributed by atoms with E-state index in [2.05, 4.69) is 15.5 Å². The minimum Gasteiger partial charge on any atom is -0.278 e. The number of pyridine rings is 1. The minimum atomic E-state index is -0.334. The summed E-state index contributed by atoms with van der Waals surface area (Å²) in [5.74, 6) is -0.649. The second kappa shape index (κ2) is 5.89. The Bertz CT molecular complexity index is 854. The summed E-state index contributed by atoms with van der Waals surface area (Å²) in [4.78, 5) is 4.29. The molecule has 0 saturated heterocycles. The molecule has 0 aliphatic heterocycles. The van der Waals surface area contributed by atoms with Crippen molar-refractivity contribution in [2.75, 3.05) is 5.43 Å². The van der Waals surface area contributed by atoms with E-state index in [4.69, 9.17) is 0 Å². The Kier molecular flexibility index (Phi) is 3.78. The molecule has 0 fully saturated rings. The van der Waals surface area contributed by atoms with Crippen LogP contribution < -0.4 is 5.43 Å². The fraction of sp³-hybridized carbons (Fsp3) is 0.0588. The average Bonchev–Trinajstić information content (AvgIpc) is 2.46. The van der Waals surface area contributed by atoms with Gasteiger partial charge >= 0.3 is 0 Å². The van der Waals surface area contributed by atoms with Gasteiger partial charge in [0.15, 0.2) is 0 Å². The highest BCUT2D eigenvalue weighted by molar-refractivity contribution is 5.92. The topological polar surface area (TPSA) is 37.3 Å². The maximum atomic E-state index is 13.3. The summed E-state index contributed by atoms with van der Waals surface area (Å²) in [5, 5.41) is 4.87. The van der Waals surface area contributed by atoms with E-state index in [1.165, 1.54) is 30.5 Å². The molecule has 22 heavy (non-hydrogen) atoms. The maximum Gasteiger partial charge on any atom is 0.125 e. The lowest BCUT2D eigenvalue weighted by Crippen LogP contribution is -1.95. The van der Waals surface area contributed by atoms with Gasteiger partial charge in [-0.25, -0.2) is 8.78 Å². The van der Waals surface area contributed by atoms with E-state index in [0.29, 0.717) is 11.1 Å². The molecule has 1 heterocycles. The second-order valence-electron chi connectivity index (χ2n) is 4.90. The van der Waals surface area contributed by atoms with E-state index in [0.717, 1.165) is 16.8 Å². The number of benzene rings is 2. The van der Waals surface area contributed by atoms with Crippen LogP contribution in [0.25, 0.3) is 10.9 Å². The molecule has 0 radical (unpaired) electrons. The van der Waals surface area contributed by atoms with E-state index < -0.39 is 0 Å². The second-order valence-corrected chi connectivity index (χ2v) is 4.90. The van der Waals surface area contributed by atoms with Crippen LogP contribution in [0, 0.1) is 18.6 Å². The van der Waals surface area contributed by atoms with Crippen molar-refractivity contribution in [3.05, 3.63) is 71.4 Å². The van der Waals surface area contributed by atoms with Gasteiger partial charge in [-0.2, -0.15) is 5.10 Å². The monoisotopic (exact) mass is 297 g/mol. The SMILES string of the molecule is Cc1cc(N/N=C/c2cccc(F)c2)c2ccc(F)cc2n1. The van der Waals surface area contributed by atoms with Crippen LogP contribution in [-0.2, 0) is 0 Å². The Morgan fingerprint density at radius 2 is 1.86 bits per heavy atom. The van der Waals surface area contributed by atoms with Crippen LogP contribution in [-0.4, -0.2) is 11.2 Å². The number of rotatable bonds is 3. The molecule has 3 aromatic rings. The van der Waals surface area contributed by atoms with Crippen LogP contribution in [0.15, 0.2) is 53.6 Å². The van der Waals surface area contributed by atoms with Gasteiger partial charge in [-0.15, -0.1) is 0 Å². The Hall–Kier alpha value is -2.82. The van der Waals surface area contributed by atoms with E-state index in [-0.39, 0.29) is 11.6 Å². The van der Waals surface area contributed by atoms with Crippen LogP contribution in [0.2, 0.25) is 0 Å². The molecule has 0 saturated carbocycles. The Morgan fingerprint density at radius 3 is 2.68 bits per heavy atom. The number of halogens is 2. The molecule has 1 N–H and O–H groups in total. The van der Waals surface area contributed by atoms with Gasteiger partial charge in [-0.05, 0) is 42.8 Å². The molecule has 3 rings (SSSR count). The predicted molar refractivity (Wildman–Crippen MR) is 84.1 cm³/mol. The average molecular weight is 297 g/mol. The van der Waals surface area contributed by atoms with Crippen molar-refractivity contribution in [1.82, 2.24) is 4.98 Å². The van der Waals surface area contributed by atoms with Crippen molar-refractivity contribution >= 4 is 22.8 Å². The van der Waals surface area contributed by atoms with E-state index in [9.17, 15) is 8.78 Å². The first kappa shape index (κ1) is 14.1. The van der Waals surface area contributed by atoms with Crippen molar-refractivity contribution in [1.29, 1.82) is 0 Å². The number of nitrogens with one attached hydrogen (secondary N) is 1. The smallest absolute Gasteiger partial charge is 0.125 e. The van der Waals surface area contributed by atoms with Crippen LogP contribution in [0.3, 0.4) is 0 Å². The highest BCUT2D eigenvalue weighted by atomic mass is 19.1. The number of aryl methyl sites for hydroxylation is 1. The lowest BCUT2D eigenvalue weighted by Gasteiger charge is -2.07. The third-order valence-corrected chi connectivity index (χ3v) is 3.15. The van der Waals surface area contributed by atoms with Crippen molar-refractivity contribution in [3.63, 3.8) is 0 Å². The van der Waals surface area contributed by atoms with Crippen LogP contribution >= 0.6 is 0 Å². The Balaban J connectivity index is 1.90. The number of aromatic nitrogens is 1. The largest absolute Gasteiger partial charge is 0.278 e. The Morgan fingerprint density at radius 1 is 1.05 bits per heavy atom. The Labute approximate surface area is 126 Å². The van der Waals surface area contributed by atoms with Crippen molar-refractivity contribution in [2.45, 2.75) is 6.92 Å². The molecule has 5 heteroatoms. The molecule has 0 aliphatic carbocycles. The molecular weight excluding hydrogens is 284 g/mol. The van der Waals surface area contributed by atoms with Crippen molar-refractivity contribution in [3.8, 4) is 0 Å². The summed E-state index contributed by atoms with van der Waals surface area (Å²) >= 11 is 0. The van der Waals surface area contributed by atoms with Gasteiger partial charge in [-0.3, -0.25) is 10.4 Å². The van der Waals surface area contributed by atoms with Gasteiger partial charge in [0, 0.05) is 17.1 Å². The first-order valence-electron chi connectivity index (χ1n) is 6.73. The number of hydrazone groups is 1. The maximum absolute atomic E-state index is 13.3. The van der Waals surface area contributed by atoms with Gasteiger partial charge in [0.2, 0.25) is 0 Å². The van der Waals surface area contributed by atoms with E-state index >= 15 is 0 Å². The van der Waals surface area contributed by atoms with Crippen molar-refractivity contribution < 1.29 is 8.78 Å². The summed E-state index contributed by atoms with van der Waals surface area (Å²) in [6.07, 6.45) is 1.52. The fourth-order valence-electron chi connectivity index (χ4n) is 2.19. The number of hydrogen-bond donors (Lipinski definition) is 1. The van der Waals surface area contributed by atoms with Gasteiger partial charge < -0.3 is 0 Å². The lowest BCUT2D eigenvalue weighted by molar-refractivity contribution is 0.627. The summed E-state index contributed by atoms with van der Waals surface area (Å²) < 4.78 is 26.4. The molecule has 0 unspecified atom stereocenters. The van der Waals surface area contributed by atoms with Gasteiger partial charge in [-0.1, -0.05) is 12.1 Å². The minimum absolute atomic E-state index is 0.315.